The number of carbonyl (C=O) groups is 1. The zero-order valence-electron chi connectivity index (χ0n) is 10.7. The third kappa shape index (κ3) is 2.41. The van der Waals surface area contributed by atoms with Gasteiger partial charge in [-0.3, -0.25) is 4.79 Å². The Morgan fingerprint density at radius 3 is 2.89 bits per heavy atom. The lowest BCUT2D eigenvalue weighted by molar-refractivity contribution is -0.118. The first kappa shape index (κ1) is 11.7. The predicted octanol–water partition coefficient (Wildman–Crippen LogP) is 2.26. The first-order chi connectivity index (χ1) is 8.83. The van der Waals surface area contributed by atoms with Crippen molar-refractivity contribution < 1.29 is 4.79 Å². The van der Waals surface area contributed by atoms with Crippen LogP contribution < -0.4 is 10.6 Å². The highest BCUT2D eigenvalue weighted by Crippen LogP contribution is 2.25. The van der Waals surface area contributed by atoms with Gasteiger partial charge >= 0.3 is 0 Å². The van der Waals surface area contributed by atoms with Crippen molar-refractivity contribution in [1.82, 2.24) is 5.32 Å². The van der Waals surface area contributed by atoms with Crippen molar-refractivity contribution in [2.45, 2.75) is 44.6 Å². The van der Waals surface area contributed by atoms with Gasteiger partial charge in [0.15, 0.2) is 0 Å². The van der Waals surface area contributed by atoms with Crippen LogP contribution in [0, 0.1) is 0 Å². The van der Waals surface area contributed by atoms with Crippen molar-refractivity contribution in [2.75, 3.05) is 11.9 Å². The molecule has 18 heavy (non-hydrogen) atoms. The van der Waals surface area contributed by atoms with Gasteiger partial charge in [0.2, 0.25) is 5.91 Å². The second-order valence-corrected chi connectivity index (χ2v) is 5.33. The number of rotatable bonds is 2. The molecule has 0 aromatic heterocycles. The minimum Gasteiger partial charge on any atom is -0.325 e. The summed E-state index contributed by atoms with van der Waals surface area (Å²) in [6.45, 7) is 0.961. The zero-order valence-corrected chi connectivity index (χ0v) is 10.7. The normalized spacial score (nSPS) is 22.6. The Hall–Kier alpha value is -1.35. The summed E-state index contributed by atoms with van der Waals surface area (Å²) < 4.78 is 0. The lowest BCUT2D eigenvalue weighted by Gasteiger charge is -2.22. The fourth-order valence-electron chi connectivity index (χ4n) is 2.95. The standard InChI is InChI=1S/C15H20N2O/c18-15(14-6-1-2-9-16-14)17-13-8-7-11-4-3-5-12(11)10-13/h7-8,10,14,16H,1-6,9H2,(H,17,18). The predicted molar refractivity (Wildman–Crippen MR) is 72.7 cm³/mol. The molecule has 3 nitrogen and oxygen atoms in total. The molecule has 1 aromatic rings. The lowest BCUT2D eigenvalue weighted by atomic mass is 10.0. The molecule has 0 spiro atoms. The molecule has 1 aliphatic heterocycles. The van der Waals surface area contributed by atoms with Crippen molar-refractivity contribution >= 4 is 11.6 Å². The van der Waals surface area contributed by atoms with E-state index in [1.165, 1.54) is 30.4 Å². The van der Waals surface area contributed by atoms with Gasteiger partial charge in [0.25, 0.3) is 0 Å². The minimum absolute atomic E-state index is 0.00740. The van der Waals surface area contributed by atoms with Gasteiger partial charge in [-0.05, 0) is 61.9 Å². The molecule has 96 valence electrons. The van der Waals surface area contributed by atoms with Crippen LogP contribution >= 0.6 is 0 Å². The van der Waals surface area contributed by atoms with Crippen LogP contribution in [0.15, 0.2) is 18.2 Å². The number of fused-ring (bicyclic) bond motifs is 1. The SMILES string of the molecule is O=C(Nc1ccc2c(c1)CCC2)C1CCCCN1. The Labute approximate surface area is 108 Å². The number of anilines is 1. The molecule has 1 saturated heterocycles. The summed E-state index contributed by atoms with van der Waals surface area (Å²) in [5, 5.41) is 6.32. The average molecular weight is 244 g/mol. The lowest BCUT2D eigenvalue weighted by Crippen LogP contribution is -2.43. The number of aryl methyl sites for hydroxylation is 2. The Morgan fingerprint density at radius 1 is 1.17 bits per heavy atom. The van der Waals surface area contributed by atoms with Gasteiger partial charge in [0.05, 0.1) is 6.04 Å². The molecule has 2 N–H and O–H groups in total. The Balaban J connectivity index is 1.66. The highest BCUT2D eigenvalue weighted by Gasteiger charge is 2.20. The number of amides is 1. The number of benzene rings is 1. The van der Waals surface area contributed by atoms with Crippen molar-refractivity contribution in [2.24, 2.45) is 0 Å². The van der Waals surface area contributed by atoms with Crippen LogP contribution in [0.3, 0.4) is 0 Å². The van der Waals surface area contributed by atoms with Crippen molar-refractivity contribution in [1.29, 1.82) is 0 Å². The molecule has 1 aromatic carbocycles. The van der Waals surface area contributed by atoms with E-state index in [2.05, 4.69) is 22.8 Å². The van der Waals surface area contributed by atoms with Crippen molar-refractivity contribution in [3.8, 4) is 0 Å². The van der Waals surface area contributed by atoms with Gasteiger partial charge in [-0.15, -0.1) is 0 Å². The summed E-state index contributed by atoms with van der Waals surface area (Å²) >= 11 is 0. The number of hydrogen-bond donors (Lipinski definition) is 2. The highest BCUT2D eigenvalue weighted by atomic mass is 16.2. The molecule has 1 heterocycles. The fourth-order valence-corrected chi connectivity index (χ4v) is 2.95. The fraction of sp³-hybridized carbons (Fsp3) is 0.533. The average Bonchev–Trinajstić information content (AvgIpc) is 2.87. The van der Waals surface area contributed by atoms with E-state index >= 15 is 0 Å². The van der Waals surface area contributed by atoms with E-state index in [4.69, 9.17) is 0 Å². The summed E-state index contributed by atoms with van der Waals surface area (Å²) in [6.07, 6.45) is 6.88. The third-order valence-electron chi connectivity index (χ3n) is 3.99. The third-order valence-corrected chi connectivity index (χ3v) is 3.99. The van der Waals surface area contributed by atoms with E-state index in [-0.39, 0.29) is 11.9 Å². The largest absolute Gasteiger partial charge is 0.325 e. The molecule has 1 amide bonds. The molecule has 1 fully saturated rings. The van der Waals surface area contributed by atoms with Crippen LogP contribution in [0.1, 0.15) is 36.8 Å². The van der Waals surface area contributed by atoms with E-state index in [1.54, 1.807) is 0 Å². The molecule has 1 aliphatic carbocycles. The molecule has 0 bridgehead atoms. The quantitative estimate of drug-likeness (QED) is 0.838. The molecule has 0 saturated carbocycles. The molecule has 3 heteroatoms. The van der Waals surface area contributed by atoms with Gasteiger partial charge in [-0.1, -0.05) is 12.5 Å². The summed E-state index contributed by atoms with van der Waals surface area (Å²) in [7, 11) is 0. The van der Waals surface area contributed by atoms with Gasteiger partial charge < -0.3 is 10.6 Å². The van der Waals surface area contributed by atoms with E-state index in [0.717, 1.165) is 31.5 Å². The van der Waals surface area contributed by atoms with Crippen LogP contribution in [0.25, 0.3) is 0 Å². The molecule has 1 unspecified atom stereocenters. The maximum Gasteiger partial charge on any atom is 0.241 e. The van der Waals surface area contributed by atoms with Crippen LogP contribution in [-0.2, 0) is 17.6 Å². The van der Waals surface area contributed by atoms with E-state index in [1.807, 2.05) is 6.07 Å². The summed E-state index contributed by atoms with van der Waals surface area (Å²) in [4.78, 5) is 12.1. The van der Waals surface area contributed by atoms with Crippen molar-refractivity contribution in [3.05, 3.63) is 29.3 Å². The zero-order chi connectivity index (χ0) is 12.4. The first-order valence-corrected chi connectivity index (χ1v) is 6.99. The van der Waals surface area contributed by atoms with Gasteiger partial charge in [-0.25, -0.2) is 0 Å². The van der Waals surface area contributed by atoms with Gasteiger partial charge in [0.1, 0.15) is 0 Å². The first-order valence-electron chi connectivity index (χ1n) is 6.99. The molecular weight excluding hydrogens is 224 g/mol. The van der Waals surface area contributed by atoms with Crippen LogP contribution in [-0.4, -0.2) is 18.5 Å². The molecule has 2 aliphatic rings. The second-order valence-electron chi connectivity index (χ2n) is 5.33. The van der Waals surface area contributed by atoms with Crippen LogP contribution in [0.4, 0.5) is 5.69 Å². The Bertz CT molecular complexity index is 450. The van der Waals surface area contributed by atoms with E-state index < -0.39 is 0 Å². The van der Waals surface area contributed by atoms with Crippen LogP contribution in [0.2, 0.25) is 0 Å². The Kier molecular flexibility index (Phi) is 3.33. The van der Waals surface area contributed by atoms with Crippen LogP contribution in [0.5, 0.6) is 0 Å². The molecule has 1 atom stereocenters. The molecular formula is C15H20N2O. The van der Waals surface area contributed by atoms with E-state index in [0.29, 0.717) is 0 Å². The minimum atomic E-state index is -0.00740. The smallest absolute Gasteiger partial charge is 0.241 e. The summed E-state index contributed by atoms with van der Waals surface area (Å²) in [5.74, 6) is 0.118. The highest BCUT2D eigenvalue weighted by molar-refractivity contribution is 5.95. The number of carbonyl (C=O) groups excluding carboxylic acids is 1. The topological polar surface area (TPSA) is 41.1 Å². The summed E-state index contributed by atoms with van der Waals surface area (Å²) in [5.41, 5.74) is 3.81. The summed E-state index contributed by atoms with van der Waals surface area (Å²) in [6, 6.07) is 6.33. The van der Waals surface area contributed by atoms with E-state index in [9.17, 15) is 4.79 Å². The number of nitrogens with one attached hydrogen (secondary N) is 2. The maximum absolute atomic E-state index is 12.1. The van der Waals surface area contributed by atoms with Gasteiger partial charge in [-0.2, -0.15) is 0 Å². The molecule has 0 radical (unpaired) electrons. The van der Waals surface area contributed by atoms with Gasteiger partial charge in [0, 0.05) is 5.69 Å². The number of piperidine rings is 1. The Morgan fingerprint density at radius 2 is 2.06 bits per heavy atom. The monoisotopic (exact) mass is 244 g/mol. The number of hydrogen-bond acceptors (Lipinski definition) is 2. The maximum atomic E-state index is 12.1. The van der Waals surface area contributed by atoms with Crippen molar-refractivity contribution in [3.63, 3.8) is 0 Å². The molecule has 3 rings (SSSR count). The second kappa shape index (κ2) is 5.11.